The average Bonchev–Trinajstić information content (AvgIpc) is 2.42. The summed E-state index contributed by atoms with van der Waals surface area (Å²) >= 11 is 6.25. The maximum atomic E-state index is 6.25. The highest BCUT2D eigenvalue weighted by Gasteiger charge is 2.15. The molecule has 0 bridgehead atoms. The van der Waals surface area contributed by atoms with Crippen LogP contribution in [0.25, 0.3) is 0 Å². The summed E-state index contributed by atoms with van der Waals surface area (Å²) in [6.07, 6.45) is 1.07. The third-order valence-corrected chi connectivity index (χ3v) is 3.81. The SMILES string of the molecule is CNC(CCN1CCOCC1)c1ccccc1Cl. The molecule has 1 heterocycles. The van der Waals surface area contributed by atoms with Gasteiger partial charge in [-0.25, -0.2) is 0 Å². The Labute approximate surface area is 114 Å². The number of nitrogens with zero attached hydrogens (tertiary/aromatic N) is 1. The van der Waals surface area contributed by atoms with Crippen LogP contribution in [0, 0.1) is 0 Å². The zero-order chi connectivity index (χ0) is 12.8. The molecule has 1 aliphatic heterocycles. The van der Waals surface area contributed by atoms with Crippen molar-refractivity contribution < 1.29 is 4.74 Å². The van der Waals surface area contributed by atoms with Crippen molar-refractivity contribution in [2.75, 3.05) is 39.9 Å². The van der Waals surface area contributed by atoms with Crippen LogP contribution < -0.4 is 5.32 Å². The van der Waals surface area contributed by atoms with Crippen molar-refractivity contribution in [3.8, 4) is 0 Å². The van der Waals surface area contributed by atoms with Crippen molar-refractivity contribution in [1.29, 1.82) is 0 Å². The second kappa shape index (κ2) is 7.10. The molecule has 0 aliphatic carbocycles. The highest BCUT2D eigenvalue weighted by Crippen LogP contribution is 2.24. The molecule has 4 heteroatoms. The average molecular weight is 269 g/mol. The van der Waals surface area contributed by atoms with Crippen LogP contribution in [0.2, 0.25) is 5.02 Å². The van der Waals surface area contributed by atoms with E-state index in [2.05, 4.69) is 16.3 Å². The van der Waals surface area contributed by atoms with Gasteiger partial charge in [0, 0.05) is 30.7 Å². The molecular formula is C14H21ClN2O. The van der Waals surface area contributed by atoms with E-state index >= 15 is 0 Å². The quantitative estimate of drug-likeness (QED) is 0.887. The second-order valence-corrected chi connectivity index (χ2v) is 5.01. The summed E-state index contributed by atoms with van der Waals surface area (Å²) in [6, 6.07) is 8.39. The minimum absolute atomic E-state index is 0.321. The lowest BCUT2D eigenvalue weighted by atomic mass is 10.0. The molecule has 0 radical (unpaired) electrons. The fraction of sp³-hybridized carbons (Fsp3) is 0.571. The van der Waals surface area contributed by atoms with E-state index in [-0.39, 0.29) is 0 Å². The number of benzene rings is 1. The van der Waals surface area contributed by atoms with Gasteiger partial charge < -0.3 is 10.1 Å². The lowest BCUT2D eigenvalue weighted by Crippen LogP contribution is -2.38. The Hall–Kier alpha value is -0.610. The highest BCUT2D eigenvalue weighted by molar-refractivity contribution is 6.31. The standard InChI is InChI=1S/C14H21ClN2O/c1-16-14(12-4-2-3-5-13(12)15)6-7-17-8-10-18-11-9-17/h2-5,14,16H,6-11H2,1H3. The van der Waals surface area contributed by atoms with Gasteiger partial charge in [0.15, 0.2) is 0 Å². The fourth-order valence-electron chi connectivity index (χ4n) is 2.35. The molecule has 0 amide bonds. The van der Waals surface area contributed by atoms with Gasteiger partial charge in [-0.15, -0.1) is 0 Å². The van der Waals surface area contributed by atoms with Crippen LogP contribution in [0.1, 0.15) is 18.0 Å². The molecule has 1 aliphatic rings. The van der Waals surface area contributed by atoms with Crippen LogP contribution in [0.4, 0.5) is 0 Å². The molecule has 1 atom stereocenters. The number of nitrogens with one attached hydrogen (secondary N) is 1. The number of halogens is 1. The predicted octanol–water partition coefficient (Wildman–Crippen LogP) is 2.32. The van der Waals surface area contributed by atoms with Gasteiger partial charge in [0.05, 0.1) is 13.2 Å². The van der Waals surface area contributed by atoms with Gasteiger partial charge in [-0.05, 0) is 25.1 Å². The van der Waals surface area contributed by atoms with Crippen LogP contribution in [0.15, 0.2) is 24.3 Å². The van der Waals surface area contributed by atoms with Gasteiger partial charge in [-0.2, -0.15) is 0 Å². The molecule has 1 aromatic rings. The van der Waals surface area contributed by atoms with E-state index in [4.69, 9.17) is 16.3 Å². The largest absolute Gasteiger partial charge is 0.379 e. The number of ether oxygens (including phenoxy) is 1. The van der Waals surface area contributed by atoms with E-state index in [0.717, 1.165) is 44.3 Å². The molecule has 100 valence electrons. The normalized spacial score (nSPS) is 18.8. The number of hydrogen-bond acceptors (Lipinski definition) is 3. The summed E-state index contributed by atoms with van der Waals surface area (Å²) in [6.45, 7) is 4.88. The summed E-state index contributed by atoms with van der Waals surface area (Å²) in [5.41, 5.74) is 1.19. The van der Waals surface area contributed by atoms with Crippen molar-refractivity contribution in [3.05, 3.63) is 34.9 Å². The monoisotopic (exact) mass is 268 g/mol. The van der Waals surface area contributed by atoms with E-state index in [1.54, 1.807) is 0 Å². The van der Waals surface area contributed by atoms with Crippen LogP contribution in [0.5, 0.6) is 0 Å². The third-order valence-electron chi connectivity index (χ3n) is 3.47. The van der Waals surface area contributed by atoms with E-state index in [1.165, 1.54) is 5.56 Å². The summed E-state index contributed by atoms with van der Waals surface area (Å²) < 4.78 is 5.36. The Morgan fingerprint density at radius 3 is 2.72 bits per heavy atom. The van der Waals surface area contributed by atoms with Crippen molar-refractivity contribution in [1.82, 2.24) is 10.2 Å². The third kappa shape index (κ3) is 3.69. The fourth-order valence-corrected chi connectivity index (χ4v) is 2.62. The van der Waals surface area contributed by atoms with Crippen LogP contribution in [0.3, 0.4) is 0 Å². The second-order valence-electron chi connectivity index (χ2n) is 4.61. The summed E-state index contributed by atoms with van der Waals surface area (Å²) in [7, 11) is 1.99. The summed E-state index contributed by atoms with van der Waals surface area (Å²) in [5, 5.41) is 4.20. The van der Waals surface area contributed by atoms with Crippen LogP contribution in [-0.4, -0.2) is 44.8 Å². The molecule has 1 saturated heterocycles. The van der Waals surface area contributed by atoms with Crippen LogP contribution in [-0.2, 0) is 4.74 Å². The first-order chi connectivity index (χ1) is 8.81. The van der Waals surface area contributed by atoms with Crippen molar-refractivity contribution >= 4 is 11.6 Å². The molecule has 2 rings (SSSR count). The van der Waals surface area contributed by atoms with Gasteiger partial charge in [0.25, 0.3) is 0 Å². The Morgan fingerprint density at radius 2 is 2.06 bits per heavy atom. The van der Waals surface area contributed by atoms with Crippen LogP contribution >= 0.6 is 11.6 Å². The van der Waals surface area contributed by atoms with Crippen molar-refractivity contribution in [3.63, 3.8) is 0 Å². The molecule has 1 fully saturated rings. The Balaban J connectivity index is 1.91. The Bertz CT molecular complexity index is 367. The first-order valence-electron chi connectivity index (χ1n) is 6.53. The zero-order valence-corrected chi connectivity index (χ0v) is 11.6. The molecule has 0 spiro atoms. The van der Waals surface area contributed by atoms with Gasteiger partial charge >= 0.3 is 0 Å². The van der Waals surface area contributed by atoms with E-state index in [9.17, 15) is 0 Å². The van der Waals surface area contributed by atoms with Gasteiger partial charge in [0.1, 0.15) is 0 Å². The number of rotatable bonds is 5. The maximum absolute atomic E-state index is 6.25. The highest BCUT2D eigenvalue weighted by atomic mass is 35.5. The zero-order valence-electron chi connectivity index (χ0n) is 10.9. The smallest absolute Gasteiger partial charge is 0.0594 e. The molecular weight excluding hydrogens is 248 g/mol. The molecule has 1 N–H and O–H groups in total. The topological polar surface area (TPSA) is 24.5 Å². The maximum Gasteiger partial charge on any atom is 0.0594 e. The summed E-state index contributed by atoms with van der Waals surface area (Å²) in [4.78, 5) is 2.45. The van der Waals surface area contributed by atoms with Crippen molar-refractivity contribution in [2.24, 2.45) is 0 Å². The molecule has 3 nitrogen and oxygen atoms in total. The molecule has 18 heavy (non-hydrogen) atoms. The predicted molar refractivity (Wildman–Crippen MR) is 75.1 cm³/mol. The lowest BCUT2D eigenvalue weighted by Gasteiger charge is -2.28. The molecule has 0 aromatic heterocycles. The van der Waals surface area contributed by atoms with Gasteiger partial charge in [0.2, 0.25) is 0 Å². The minimum Gasteiger partial charge on any atom is -0.379 e. The molecule has 1 aromatic carbocycles. The summed E-state index contributed by atoms with van der Waals surface area (Å²) in [5.74, 6) is 0. The first-order valence-corrected chi connectivity index (χ1v) is 6.91. The lowest BCUT2D eigenvalue weighted by molar-refractivity contribution is 0.0362. The minimum atomic E-state index is 0.321. The van der Waals surface area contributed by atoms with Crippen molar-refractivity contribution in [2.45, 2.75) is 12.5 Å². The first kappa shape index (κ1) is 13.8. The number of hydrogen-bond donors (Lipinski definition) is 1. The molecule has 0 saturated carbocycles. The Kier molecular flexibility index (Phi) is 5.45. The Morgan fingerprint density at radius 1 is 1.33 bits per heavy atom. The van der Waals surface area contributed by atoms with E-state index < -0.39 is 0 Å². The van der Waals surface area contributed by atoms with Gasteiger partial charge in [-0.3, -0.25) is 4.90 Å². The molecule has 1 unspecified atom stereocenters. The van der Waals surface area contributed by atoms with E-state index in [0.29, 0.717) is 6.04 Å². The van der Waals surface area contributed by atoms with Gasteiger partial charge in [-0.1, -0.05) is 29.8 Å². The number of morpholine rings is 1. The van der Waals surface area contributed by atoms with E-state index in [1.807, 2.05) is 25.2 Å².